The van der Waals surface area contributed by atoms with E-state index in [9.17, 15) is 26.4 Å². The van der Waals surface area contributed by atoms with Crippen molar-refractivity contribution in [3.05, 3.63) is 54.1 Å². The fraction of sp³-hybridized carbons (Fsp3) is 0.480. The number of piperazine rings is 1. The zero-order valence-corrected chi connectivity index (χ0v) is 20.9. The van der Waals surface area contributed by atoms with Gasteiger partial charge in [-0.2, -0.15) is 17.5 Å². The molecule has 2 heterocycles. The van der Waals surface area contributed by atoms with Gasteiger partial charge in [-0.15, -0.1) is 0 Å². The van der Waals surface area contributed by atoms with Crippen LogP contribution in [-0.2, 0) is 21.0 Å². The maximum Gasteiger partial charge on any atom is 0.416 e. The maximum atomic E-state index is 13.2. The van der Waals surface area contributed by atoms with Crippen LogP contribution in [-0.4, -0.2) is 69.4 Å². The number of ether oxygens (including phenoxy) is 1. The fourth-order valence-electron chi connectivity index (χ4n) is 4.71. The highest BCUT2D eigenvalue weighted by molar-refractivity contribution is 7.89. The molecule has 2 saturated heterocycles. The van der Waals surface area contributed by atoms with Gasteiger partial charge in [-0.05, 0) is 62.2 Å². The summed E-state index contributed by atoms with van der Waals surface area (Å²) in [6, 6.07) is 11.5. The lowest BCUT2D eigenvalue weighted by atomic mass is 9.97. The van der Waals surface area contributed by atoms with Gasteiger partial charge in [0.1, 0.15) is 5.75 Å². The molecule has 0 aromatic heterocycles. The molecule has 0 bridgehead atoms. The number of carbonyl (C=O) groups is 1. The van der Waals surface area contributed by atoms with Crippen LogP contribution in [0.1, 0.15) is 25.3 Å². The lowest BCUT2D eigenvalue weighted by Crippen LogP contribution is -2.53. The van der Waals surface area contributed by atoms with Crippen LogP contribution in [0.4, 0.5) is 18.9 Å². The van der Waals surface area contributed by atoms with Crippen molar-refractivity contribution >= 4 is 21.6 Å². The van der Waals surface area contributed by atoms with Gasteiger partial charge < -0.3 is 14.5 Å². The number of benzene rings is 2. The molecule has 0 N–H and O–H groups in total. The van der Waals surface area contributed by atoms with Gasteiger partial charge in [0.25, 0.3) is 0 Å². The number of nitrogens with zero attached hydrogens (tertiary/aromatic N) is 3. The van der Waals surface area contributed by atoms with Crippen LogP contribution in [0.15, 0.2) is 53.4 Å². The zero-order valence-electron chi connectivity index (χ0n) is 20.1. The molecule has 2 aromatic rings. The van der Waals surface area contributed by atoms with Crippen molar-refractivity contribution in [2.45, 2.75) is 30.8 Å². The summed E-state index contributed by atoms with van der Waals surface area (Å²) in [5.74, 6) is 0.0361. The lowest BCUT2D eigenvalue weighted by Gasteiger charge is -2.39. The number of sulfonamides is 1. The first-order valence-corrected chi connectivity index (χ1v) is 13.5. The van der Waals surface area contributed by atoms with Gasteiger partial charge >= 0.3 is 6.18 Å². The summed E-state index contributed by atoms with van der Waals surface area (Å²) in [5.41, 5.74) is -0.225. The topological polar surface area (TPSA) is 70.2 Å². The predicted octanol–water partition coefficient (Wildman–Crippen LogP) is 3.85. The number of halogens is 3. The first-order valence-electron chi connectivity index (χ1n) is 12.0. The number of alkyl halides is 3. The van der Waals surface area contributed by atoms with Crippen LogP contribution in [0, 0.1) is 5.92 Å². The van der Waals surface area contributed by atoms with E-state index in [2.05, 4.69) is 0 Å². The lowest BCUT2D eigenvalue weighted by molar-refractivity contribution is -0.137. The van der Waals surface area contributed by atoms with Crippen LogP contribution in [0.25, 0.3) is 0 Å². The van der Waals surface area contributed by atoms with E-state index in [-0.39, 0.29) is 17.3 Å². The third-order valence-electron chi connectivity index (χ3n) is 6.64. The van der Waals surface area contributed by atoms with E-state index in [0.717, 1.165) is 12.1 Å². The Balaban J connectivity index is 1.37. The normalized spacial score (nSPS) is 19.8. The van der Waals surface area contributed by atoms with Gasteiger partial charge in [-0.25, -0.2) is 8.42 Å². The van der Waals surface area contributed by atoms with E-state index in [1.165, 1.54) is 22.5 Å². The monoisotopic (exact) mass is 525 g/mol. The molecule has 2 aliphatic rings. The van der Waals surface area contributed by atoms with E-state index in [1.807, 2.05) is 11.8 Å². The smallest absolute Gasteiger partial charge is 0.416 e. The number of rotatable bonds is 6. The van der Waals surface area contributed by atoms with E-state index in [0.29, 0.717) is 63.6 Å². The van der Waals surface area contributed by atoms with E-state index < -0.39 is 27.7 Å². The minimum Gasteiger partial charge on any atom is -0.494 e. The highest BCUT2D eigenvalue weighted by Crippen LogP contribution is 2.32. The Kier molecular flexibility index (Phi) is 7.79. The Hall–Kier alpha value is -2.79. The standard InChI is InChI=1S/C25H30F3N3O4S/c1-2-35-22-8-10-23(11-9-22)36(33,34)31-12-4-5-19(18-31)24(32)30-15-13-29(14-16-30)21-7-3-6-20(17-21)25(26,27)28/h3,6-11,17,19H,2,4-5,12-16,18H2,1H3/t19-/m0/s1. The maximum absolute atomic E-state index is 13.2. The molecule has 2 aliphatic heterocycles. The molecule has 2 aromatic carbocycles. The molecule has 11 heteroatoms. The number of hydrogen-bond donors (Lipinski definition) is 0. The van der Waals surface area contributed by atoms with Crippen molar-refractivity contribution in [3.8, 4) is 5.75 Å². The van der Waals surface area contributed by atoms with Crippen molar-refractivity contribution in [1.82, 2.24) is 9.21 Å². The molecular weight excluding hydrogens is 495 g/mol. The molecule has 0 saturated carbocycles. The minimum absolute atomic E-state index is 0.106. The molecule has 1 atom stereocenters. The average Bonchev–Trinajstić information content (AvgIpc) is 2.88. The number of anilines is 1. The zero-order chi connectivity index (χ0) is 25.9. The Morgan fingerprint density at radius 2 is 1.72 bits per heavy atom. The molecular formula is C25H30F3N3O4S. The average molecular weight is 526 g/mol. The third kappa shape index (κ3) is 5.78. The van der Waals surface area contributed by atoms with E-state index >= 15 is 0 Å². The Morgan fingerprint density at radius 3 is 2.36 bits per heavy atom. The summed E-state index contributed by atoms with van der Waals surface area (Å²) < 4.78 is 72.3. The Bertz CT molecular complexity index is 1160. The summed E-state index contributed by atoms with van der Waals surface area (Å²) >= 11 is 0. The molecule has 0 aliphatic carbocycles. The van der Waals surface area contributed by atoms with Crippen LogP contribution in [0.2, 0.25) is 0 Å². The van der Waals surface area contributed by atoms with Crippen LogP contribution in [0.3, 0.4) is 0 Å². The van der Waals surface area contributed by atoms with Gasteiger partial charge in [0.15, 0.2) is 0 Å². The van der Waals surface area contributed by atoms with Crippen LogP contribution >= 0.6 is 0 Å². The molecule has 0 unspecified atom stereocenters. The first-order chi connectivity index (χ1) is 17.1. The van der Waals surface area contributed by atoms with E-state index in [1.54, 1.807) is 23.1 Å². The molecule has 1 amide bonds. The molecule has 4 rings (SSSR count). The SMILES string of the molecule is CCOc1ccc(S(=O)(=O)N2CCC[C@H](C(=O)N3CCN(c4cccc(C(F)(F)F)c4)CC3)C2)cc1. The molecule has 2 fully saturated rings. The summed E-state index contributed by atoms with van der Waals surface area (Å²) in [6.45, 7) is 4.36. The largest absolute Gasteiger partial charge is 0.494 e. The molecule has 0 spiro atoms. The van der Waals surface area contributed by atoms with Crippen molar-refractivity contribution in [2.24, 2.45) is 5.92 Å². The molecule has 7 nitrogen and oxygen atoms in total. The van der Waals surface area contributed by atoms with Crippen molar-refractivity contribution in [2.75, 3.05) is 50.8 Å². The highest BCUT2D eigenvalue weighted by atomic mass is 32.2. The third-order valence-corrected chi connectivity index (χ3v) is 8.52. The Morgan fingerprint density at radius 1 is 1.03 bits per heavy atom. The van der Waals surface area contributed by atoms with E-state index in [4.69, 9.17) is 4.74 Å². The quantitative estimate of drug-likeness (QED) is 0.573. The van der Waals surface area contributed by atoms with Crippen molar-refractivity contribution in [1.29, 1.82) is 0 Å². The number of amides is 1. The predicted molar refractivity (Wildman–Crippen MR) is 129 cm³/mol. The highest BCUT2D eigenvalue weighted by Gasteiger charge is 2.36. The van der Waals surface area contributed by atoms with Gasteiger partial charge in [0.2, 0.25) is 15.9 Å². The molecule has 36 heavy (non-hydrogen) atoms. The van der Waals surface area contributed by atoms with Crippen LogP contribution in [0.5, 0.6) is 5.75 Å². The number of hydrogen-bond acceptors (Lipinski definition) is 5. The molecule has 0 radical (unpaired) electrons. The van der Waals surface area contributed by atoms with Gasteiger partial charge in [-0.3, -0.25) is 4.79 Å². The van der Waals surface area contributed by atoms with Crippen LogP contribution < -0.4 is 9.64 Å². The second-order valence-electron chi connectivity index (χ2n) is 8.97. The van der Waals surface area contributed by atoms with Gasteiger partial charge in [-0.1, -0.05) is 6.07 Å². The summed E-state index contributed by atoms with van der Waals surface area (Å²) in [4.78, 5) is 16.9. The minimum atomic E-state index is -4.41. The summed E-state index contributed by atoms with van der Waals surface area (Å²) in [6.07, 6.45) is -3.23. The van der Waals surface area contributed by atoms with Gasteiger partial charge in [0, 0.05) is 45.0 Å². The summed E-state index contributed by atoms with van der Waals surface area (Å²) in [5, 5.41) is 0. The second kappa shape index (κ2) is 10.7. The number of carbonyl (C=O) groups excluding carboxylic acids is 1. The van der Waals surface area contributed by atoms with Crippen molar-refractivity contribution < 1.29 is 31.1 Å². The molecule has 196 valence electrons. The van der Waals surface area contributed by atoms with Crippen molar-refractivity contribution in [3.63, 3.8) is 0 Å². The second-order valence-corrected chi connectivity index (χ2v) is 10.9. The number of piperidine rings is 1. The first kappa shape index (κ1) is 26.3. The fourth-order valence-corrected chi connectivity index (χ4v) is 6.23. The Labute approximate surface area is 209 Å². The summed E-state index contributed by atoms with van der Waals surface area (Å²) in [7, 11) is -3.74. The van der Waals surface area contributed by atoms with Gasteiger partial charge in [0.05, 0.1) is 23.0 Å².